The van der Waals surface area contributed by atoms with E-state index >= 15 is 0 Å². The van der Waals surface area contributed by atoms with Crippen LogP contribution >= 0.6 is 0 Å². The number of carbonyl (C=O) groups is 1. The Bertz CT molecular complexity index is 423. The molecular weight excluding hydrogens is 226 g/mol. The summed E-state index contributed by atoms with van der Waals surface area (Å²) >= 11 is 0. The number of benzene rings is 1. The number of amides is 1. The van der Waals surface area contributed by atoms with Gasteiger partial charge in [-0.1, -0.05) is 25.5 Å². The van der Waals surface area contributed by atoms with Gasteiger partial charge in [0.05, 0.1) is 18.2 Å². The predicted molar refractivity (Wildman–Crippen MR) is 70.8 cm³/mol. The molecule has 0 aromatic heterocycles. The maximum absolute atomic E-state index is 11.4. The Balaban J connectivity index is 2.24. The van der Waals surface area contributed by atoms with Gasteiger partial charge in [-0.05, 0) is 24.1 Å². The van der Waals surface area contributed by atoms with E-state index in [-0.39, 0.29) is 5.91 Å². The summed E-state index contributed by atoms with van der Waals surface area (Å²) in [6.45, 7) is 3.73. The molecule has 18 heavy (non-hydrogen) atoms. The van der Waals surface area contributed by atoms with Crippen molar-refractivity contribution in [3.8, 4) is 6.07 Å². The van der Waals surface area contributed by atoms with Crippen molar-refractivity contribution in [3.63, 3.8) is 0 Å². The molecule has 0 aliphatic rings. The minimum atomic E-state index is 0.0138. The van der Waals surface area contributed by atoms with Crippen molar-refractivity contribution in [1.29, 1.82) is 5.26 Å². The smallest absolute Gasteiger partial charge is 0.233 e. The van der Waals surface area contributed by atoms with Crippen LogP contribution in [0.2, 0.25) is 0 Å². The summed E-state index contributed by atoms with van der Waals surface area (Å²) in [5.74, 6) is 0.0138. The van der Waals surface area contributed by atoms with Gasteiger partial charge in [-0.2, -0.15) is 5.26 Å². The molecule has 0 atom stereocenters. The van der Waals surface area contributed by atoms with Gasteiger partial charge in [0.2, 0.25) is 5.91 Å². The first-order valence-corrected chi connectivity index (χ1v) is 6.22. The first kappa shape index (κ1) is 14.2. The zero-order valence-electron chi connectivity index (χ0n) is 10.7. The molecule has 0 fully saturated rings. The zero-order chi connectivity index (χ0) is 13.2. The third-order valence-corrected chi connectivity index (χ3v) is 2.52. The van der Waals surface area contributed by atoms with Crippen molar-refractivity contribution in [1.82, 2.24) is 10.6 Å². The summed E-state index contributed by atoms with van der Waals surface area (Å²) in [5, 5.41) is 14.7. The van der Waals surface area contributed by atoms with Crippen molar-refractivity contribution in [3.05, 3.63) is 35.4 Å². The fraction of sp³-hybridized carbons (Fsp3) is 0.429. The van der Waals surface area contributed by atoms with E-state index in [1.54, 1.807) is 6.07 Å². The van der Waals surface area contributed by atoms with Crippen LogP contribution in [0, 0.1) is 11.3 Å². The Morgan fingerprint density at radius 3 is 3.00 bits per heavy atom. The van der Waals surface area contributed by atoms with Crippen molar-refractivity contribution < 1.29 is 4.79 Å². The molecule has 96 valence electrons. The monoisotopic (exact) mass is 245 g/mol. The number of nitrogens with zero attached hydrogens (tertiary/aromatic N) is 1. The Labute approximate surface area is 108 Å². The van der Waals surface area contributed by atoms with E-state index in [0.29, 0.717) is 18.7 Å². The molecule has 1 aromatic rings. The van der Waals surface area contributed by atoms with E-state index in [0.717, 1.165) is 24.9 Å². The van der Waals surface area contributed by atoms with Crippen molar-refractivity contribution in [2.45, 2.75) is 26.3 Å². The van der Waals surface area contributed by atoms with Gasteiger partial charge < -0.3 is 10.6 Å². The SMILES string of the molecule is CCCCNC(=O)CNCc1cccc(C#N)c1. The van der Waals surface area contributed by atoms with Crippen LogP contribution in [-0.4, -0.2) is 19.0 Å². The van der Waals surface area contributed by atoms with Gasteiger partial charge in [0.1, 0.15) is 0 Å². The highest BCUT2D eigenvalue weighted by atomic mass is 16.1. The van der Waals surface area contributed by atoms with Crippen molar-refractivity contribution >= 4 is 5.91 Å². The lowest BCUT2D eigenvalue weighted by atomic mass is 10.1. The minimum absolute atomic E-state index is 0.0138. The largest absolute Gasteiger partial charge is 0.355 e. The molecule has 0 aliphatic carbocycles. The molecule has 0 spiro atoms. The number of unbranched alkanes of at least 4 members (excludes halogenated alkanes) is 1. The summed E-state index contributed by atoms with van der Waals surface area (Å²) in [4.78, 5) is 11.4. The second kappa shape index (κ2) is 8.26. The molecular formula is C14H19N3O. The number of nitrogens with one attached hydrogen (secondary N) is 2. The molecule has 0 aliphatic heterocycles. The summed E-state index contributed by atoms with van der Waals surface area (Å²) in [6, 6.07) is 9.46. The fourth-order valence-corrected chi connectivity index (χ4v) is 1.54. The molecule has 0 unspecified atom stereocenters. The van der Waals surface area contributed by atoms with Crippen molar-refractivity contribution in [2.75, 3.05) is 13.1 Å². The van der Waals surface area contributed by atoms with E-state index in [1.165, 1.54) is 0 Å². The van der Waals surface area contributed by atoms with Gasteiger partial charge in [0.15, 0.2) is 0 Å². The van der Waals surface area contributed by atoms with Crippen LogP contribution < -0.4 is 10.6 Å². The van der Waals surface area contributed by atoms with Gasteiger partial charge in [-0.3, -0.25) is 4.79 Å². The predicted octanol–water partition coefficient (Wildman–Crippen LogP) is 1.56. The lowest BCUT2D eigenvalue weighted by Gasteiger charge is -2.06. The van der Waals surface area contributed by atoms with E-state index in [9.17, 15) is 4.79 Å². The minimum Gasteiger partial charge on any atom is -0.355 e. The first-order valence-electron chi connectivity index (χ1n) is 6.22. The standard InChI is InChI=1S/C14H19N3O/c1-2-3-7-17-14(18)11-16-10-13-6-4-5-12(8-13)9-15/h4-6,8,16H,2-3,7,10-11H2,1H3,(H,17,18). The van der Waals surface area contributed by atoms with Crippen molar-refractivity contribution in [2.24, 2.45) is 0 Å². The number of carbonyl (C=O) groups excluding carboxylic acids is 1. The highest BCUT2D eigenvalue weighted by Crippen LogP contribution is 2.03. The van der Waals surface area contributed by atoms with Crippen LogP contribution in [0.3, 0.4) is 0 Å². The Hall–Kier alpha value is -1.86. The zero-order valence-corrected chi connectivity index (χ0v) is 10.7. The second-order valence-corrected chi connectivity index (χ2v) is 4.12. The third-order valence-electron chi connectivity index (χ3n) is 2.52. The highest BCUT2D eigenvalue weighted by molar-refractivity contribution is 5.77. The third kappa shape index (κ3) is 5.46. The Kier molecular flexibility index (Phi) is 6.52. The summed E-state index contributed by atoms with van der Waals surface area (Å²) in [6.07, 6.45) is 2.09. The maximum atomic E-state index is 11.4. The number of hydrogen-bond acceptors (Lipinski definition) is 3. The maximum Gasteiger partial charge on any atom is 0.233 e. The average Bonchev–Trinajstić information content (AvgIpc) is 2.39. The van der Waals surface area contributed by atoms with Gasteiger partial charge in [-0.25, -0.2) is 0 Å². The second-order valence-electron chi connectivity index (χ2n) is 4.12. The molecule has 0 saturated carbocycles. The molecule has 1 rings (SSSR count). The lowest BCUT2D eigenvalue weighted by Crippen LogP contribution is -2.34. The van der Waals surface area contributed by atoms with Gasteiger partial charge in [0.25, 0.3) is 0 Å². The fourth-order valence-electron chi connectivity index (χ4n) is 1.54. The van der Waals surface area contributed by atoms with Crippen LogP contribution in [0.15, 0.2) is 24.3 Å². The summed E-state index contributed by atoms with van der Waals surface area (Å²) in [5.41, 5.74) is 1.65. The van der Waals surface area contributed by atoms with E-state index in [4.69, 9.17) is 5.26 Å². The highest BCUT2D eigenvalue weighted by Gasteiger charge is 2.00. The normalized spacial score (nSPS) is 9.78. The first-order chi connectivity index (χ1) is 8.76. The summed E-state index contributed by atoms with van der Waals surface area (Å²) in [7, 11) is 0. The molecule has 0 heterocycles. The van der Waals surface area contributed by atoms with Crippen LogP contribution in [0.25, 0.3) is 0 Å². The van der Waals surface area contributed by atoms with Crippen LogP contribution in [0.5, 0.6) is 0 Å². The molecule has 1 amide bonds. The number of rotatable bonds is 7. The van der Waals surface area contributed by atoms with Crippen LogP contribution in [0.4, 0.5) is 0 Å². The Morgan fingerprint density at radius 1 is 1.44 bits per heavy atom. The number of nitriles is 1. The lowest BCUT2D eigenvalue weighted by molar-refractivity contribution is -0.120. The van der Waals surface area contributed by atoms with Crippen LogP contribution in [-0.2, 0) is 11.3 Å². The van der Waals surface area contributed by atoms with Gasteiger partial charge in [0, 0.05) is 13.1 Å². The average molecular weight is 245 g/mol. The molecule has 0 radical (unpaired) electrons. The van der Waals surface area contributed by atoms with Gasteiger partial charge >= 0.3 is 0 Å². The number of hydrogen-bond donors (Lipinski definition) is 2. The molecule has 0 saturated heterocycles. The molecule has 1 aromatic carbocycles. The molecule has 0 bridgehead atoms. The van der Waals surface area contributed by atoms with E-state index < -0.39 is 0 Å². The van der Waals surface area contributed by atoms with Crippen LogP contribution in [0.1, 0.15) is 30.9 Å². The van der Waals surface area contributed by atoms with E-state index in [2.05, 4.69) is 23.6 Å². The topological polar surface area (TPSA) is 64.9 Å². The quantitative estimate of drug-likeness (QED) is 0.717. The molecule has 4 heteroatoms. The molecule has 2 N–H and O–H groups in total. The van der Waals surface area contributed by atoms with Gasteiger partial charge in [-0.15, -0.1) is 0 Å². The Morgan fingerprint density at radius 2 is 2.28 bits per heavy atom. The summed E-state index contributed by atoms with van der Waals surface area (Å²) < 4.78 is 0. The van der Waals surface area contributed by atoms with E-state index in [1.807, 2.05) is 18.2 Å². The molecule has 4 nitrogen and oxygen atoms in total.